The second-order valence-electron chi connectivity index (χ2n) is 12.9. The van der Waals surface area contributed by atoms with Crippen LogP contribution in [0.4, 0.5) is 8.78 Å². The highest BCUT2D eigenvalue weighted by atomic mass is 79.9. The maximum Gasteiger partial charge on any atom is 0.356 e. The predicted octanol–water partition coefficient (Wildman–Crippen LogP) is 7.39. The fourth-order valence-electron chi connectivity index (χ4n) is 6.39. The molecule has 12 nitrogen and oxygen atoms in total. The number of phenolic OH excluding ortho intramolecular Hbond substituents is 1. The third kappa shape index (κ3) is 6.89. The molecule has 0 aliphatic heterocycles. The Kier molecular flexibility index (Phi) is 11.6. The number of carbonyl (C=O) groups excluding carboxylic acids is 4. The van der Waals surface area contributed by atoms with Gasteiger partial charge < -0.3 is 34.3 Å². The van der Waals surface area contributed by atoms with Crippen LogP contribution in [-0.2, 0) is 14.3 Å². The van der Waals surface area contributed by atoms with Crippen molar-refractivity contribution in [1.82, 2.24) is 0 Å². The topological polar surface area (TPSA) is 183 Å². The zero-order chi connectivity index (χ0) is 40.9. The Balaban J connectivity index is 1.72. The fourth-order valence-corrected chi connectivity index (χ4v) is 6.97. The number of carboxylic acids is 1. The summed E-state index contributed by atoms with van der Waals surface area (Å²) in [5, 5.41) is 32.1. The Morgan fingerprint density at radius 2 is 1.26 bits per heavy atom. The molecule has 0 saturated heterocycles. The summed E-state index contributed by atoms with van der Waals surface area (Å²) >= 11 is 3.11. The third-order valence-corrected chi connectivity index (χ3v) is 10.5. The summed E-state index contributed by atoms with van der Waals surface area (Å²) in [4.78, 5) is 64.4. The number of aromatic carboxylic acids is 1. The molecule has 0 fully saturated rings. The number of hydrogen-bond donors (Lipinski definition) is 3. The highest BCUT2D eigenvalue weighted by Crippen LogP contribution is 2.45. The van der Waals surface area contributed by atoms with E-state index >= 15 is 0 Å². The number of aryl methyl sites for hydroxylation is 1. The average molecular weight is 816 g/mol. The minimum Gasteiger partial charge on any atom is -0.506 e. The smallest absolute Gasteiger partial charge is 0.356 e. The van der Waals surface area contributed by atoms with Crippen LogP contribution >= 0.6 is 15.9 Å². The number of carboxylic acid groups (broad SMARTS) is 1. The van der Waals surface area contributed by atoms with Crippen molar-refractivity contribution in [3.8, 4) is 23.0 Å². The number of halogens is 3. The van der Waals surface area contributed by atoms with Crippen LogP contribution < -0.4 is 14.2 Å². The lowest BCUT2D eigenvalue weighted by atomic mass is 9.87. The first-order chi connectivity index (χ1) is 25.0. The number of alkyl halides is 2. The molecular weight excluding hydrogens is 778 g/mol. The van der Waals surface area contributed by atoms with Crippen molar-refractivity contribution < 1.29 is 67.0 Å². The molecule has 3 aromatic rings. The van der Waals surface area contributed by atoms with E-state index in [0.29, 0.717) is 22.3 Å². The summed E-state index contributed by atoms with van der Waals surface area (Å²) in [5.74, 6) is -7.29. The summed E-state index contributed by atoms with van der Waals surface area (Å²) in [5.41, 5.74) is -2.59. The van der Waals surface area contributed by atoms with Crippen LogP contribution in [0.3, 0.4) is 0 Å². The molecule has 0 aromatic heterocycles. The van der Waals surface area contributed by atoms with Crippen molar-refractivity contribution in [2.75, 3.05) is 7.11 Å². The molecule has 15 heteroatoms. The first-order valence-electron chi connectivity index (χ1n) is 16.2. The number of methoxy groups -OCH3 is 1. The van der Waals surface area contributed by atoms with Crippen molar-refractivity contribution in [2.24, 2.45) is 0 Å². The zero-order valence-electron chi connectivity index (χ0n) is 31.0. The summed E-state index contributed by atoms with van der Waals surface area (Å²) in [7, 11) is 1.14. The minimum atomic E-state index is -3.25. The number of phenols is 1. The van der Waals surface area contributed by atoms with Crippen molar-refractivity contribution in [3.63, 3.8) is 0 Å². The summed E-state index contributed by atoms with van der Waals surface area (Å²) in [6.07, 6.45) is -1.32. The van der Waals surface area contributed by atoms with Crippen LogP contribution in [-0.4, -0.2) is 57.7 Å². The Morgan fingerprint density at radius 3 is 1.78 bits per heavy atom. The van der Waals surface area contributed by atoms with Crippen LogP contribution in [0, 0.1) is 55.4 Å². The fraction of sp³-hybridized carbons (Fsp3) is 0.308. The summed E-state index contributed by atoms with van der Waals surface area (Å²) in [6.45, 7) is 13.0. The van der Waals surface area contributed by atoms with Gasteiger partial charge in [-0.15, -0.1) is 0 Å². The number of ketones is 1. The Labute approximate surface area is 317 Å². The molecule has 0 saturated carbocycles. The monoisotopic (exact) mass is 814 g/mol. The van der Waals surface area contributed by atoms with Crippen molar-refractivity contribution in [2.45, 2.75) is 74.3 Å². The number of carbonyl (C=O) groups is 5. The number of hydrogen-bond acceptors (Lipinski definition) is 11. The van der Waals surface area contributed by atoms with Gasteiger partial charge in [0.1, 0.15) is 33.0 Å². The van der Waals surface area contributed by atoms with Crippen molar-refractivity contribution >= 4 is 45.6 Å². The number of aromatic hydroxyl groups is 1. The van der Waals surface area contributed by atoms with E-state index < -0.39 is 70.1 Å². The molecule has 0 amide bonds. The van der Waals surface area contributed by atoms with Crippen molar-refractivity contribution in [3.05, 3.63) is 101 Å². The van der Waals surface area contributed by atoms with Crippen LogP contribution in [0.1, 0.15) is 94.5 Å². The van der Waals surface area contributed by atoms with E-state index in [1.807, 2.05) is 0 Å². The van der Waals surface area contributed by atoms with Crippen LogP contribution in [0.5, 0.6) is 23.0 Å². The van der Waals surface area contributed by atoms with E-state index in [4.69, 9.17) is 18.9 Å². The lowest BCUT2D eigenvalue weighted by Crippen LogP contribution is -2.47. The SMILES string of the molecule is COC1=CC(=O)C=C(C)[C@]1(O)C(=O)Oc1c(C)c(C)c(C(=O)Oc2cc(C)c(C(=O)Oc3c(C)c(C)c(C(=O)O)c(C)c3C)c(C)c2C(F)F)c(O)c1Br. The zero-order valence-corrected chi connectivity index (χ0v) is 32.5. The quantitative estimate of drug-likeness (QED) is 0.144. The standard InChI is InChI=1S/C39H37BrF2O12/c1-14-11-24(28(34(41)42)22(9)26(14)36(47)53-32-19(6)16(3)27(35(45)46)17(4)20(32)7)52-37(48)29-18(5)21(8)33(30(40)31(29)44)54-38(49)39(50)15(2)12-23(43)13-25(39)51-10/h11-13,34,44,50H,1-10H3,(H,45,46)/t39-/m1/s1. The third-order valence-electron chi connectivity index (χ3n) is 9.77. The first kappa shape index (κ1) is 41.3. The highest BCUT2D eigenvalue weighted by molar-refractivity contribution is 9.10. The van der Waals surface area contributed by atoms with Crippen LogP contribution in [0.2, 0.25) is 0 Å². The molecule has 0 bridgehead atoms. The number of rotatable bonds is 9. The second kappa shape index (κ2) is 15.1. The first-order valence-corrected chi connectivity index (χ1v) is 17.0. The van der Waals surface area contributed by atoms with Gasteiger partial charge in [0.05, 0.1) is 23.8 Å². The van der Waals surface area contributed by atoms with Gasteiger partial charge in [-0.2, -0.15) is 0 Å². The molecule has 0 unspecified atom stereocenters. The molecule has 1 aliphatic rings. The number of benzene rings is 3. The van der Waals surface area contributed by atoms with Crippen LogP contribution in [0.15, 0.2) is 34.0 Å². The van der Waals surface area contributed by atoms with E-state index in [2.05, 4.69) is 15.9 Å². The Hall–Kier alpha value is -5.41. The Bertz CT molecular complexity index is 2190. The van der Waals surface area contributed by atoms with E-state index in [9.17, 15) is 48.1 Å². The van der Waals surface area contributed by atoms with Gasteiger partial charge in [0, 0.05) is 6.08 Å². The molecule has 3 N–H and O–H groups in total. The van der Waals surface area contributed by atoms with Gasteiger partial charge >= 0.3 is 23.9 Å². The van der Waals surface area contributed by atoms with Gasteiger partial charge in [-0.3, -0.25) is 4.79 Å². The van der Waals surface area contributed by atoms with E-state index in [-0.39, 0.29) is 54.9 Å². The van der Waals surface area contributed by atoms with Gasteiger partial charge in [-0.05, 0) is 140 Å². The van der Waals surface area contributed by atoms with E-state index in [1.165, 1.54) is 34.6 Å². The molecule has 0 radical (unpaired) electrons. The predicted molar refractivity (Wildman–Crippen MR) is 193 cm³/mol. The molecule has 4 rings (SSSR count). The number of esters is 3. The lowest BCUT2D eigenvalue weighted by molar-refractivity contribution is -0.151. The maximum absolute atomic E-state index is 14.7. The largest absolute Gasteiger partial charge is 0.506 e. The molecule has 1 aliphatic carbocycles. The van der Waals surface area contributed by atoms with Crippen molar-refractivity contribution in [1.29, 1.82) is 0 Å². The maximum atomic E-state index is 14.7. The summed E-state index contributed by atoms with van der Waals surface area (Å²) in [6, 6.07) is 1.06. The molecule has 0 heterocycles. The molecule has 54 heavy (non-hydrogen) atoms. The number of aliphatic hydroxyl groups is 1. The molecule has 3 aromatic carbocycles. The van der Waals surface area contributed by atoms with Gasteiger partial charge in [0.15, 0.2) is 11.5 Å². The summed E-state index contributed by atoms with van der Waals surface area (Å²) < 4.78 is 50.8. The van der Waals surface area contributed by atoms with E-state index in [0.717, 1.165) is 25.3 Å². The van der Waals surface area contributed by atoms with Gasteiger partial charge in [-0.1, -0.05) is 0 Å². The van der Waals surface area contributed by atoms with Crippen LogP contribution in [0.25, 0.3) is 0 Å². The van der Waals surface area contributed by atoms with Gasteiger partial charge in [0.2, 0.25) is 5.60 Å². The lowest BCUT2D eigenvalue weighted by Gasteiger charge is -2.30. The average Bonchev–Trinajstić information content (AvgIpc) is 3.07. The van der Waals surface area contributed by atoms with Gasteiger partial charge in [0.25, 0.3) is 6.43 Å². The molecule has 1 atom stereocenters. The van der Waals surface area contributed by atoms with Gasteiger partial charge in [-0.25, -0.2) is 28.0 Å². The Morgan fingerprint density at radius 1 is 0.741 bits per heavy atom. The molecule has 0 spiro atoms. The highest BCUT2D eigenvalue weighted by Gasteiger charge is 2.48. The van der Waals surface area contributed by atoms with E-state index in [1.54, 1.807) is 27.7 Å². The normalized spacial score (nSPS) is 15.4. The molecule has 286 valence electrons. The number of allylic oxidation sites excluding steroid dienone is 2. The molecular formula is C39H37BrF2O12. The second-order valence-corrected chi connectivity index (χ2v) is 13.6. The number of ether oxygens (including phenoxy) is 4. The minimum absolute atomic E-state index is 0.0153.